The summed E-state index contributed by atoms with van der Waals surface area (Å²) >= 11 is 6.03. The summed E-state index contributed by atoms with van der Waals surface area (Å²) in [6, 6.07) is 14.0. The Morgan fingerprint density at radius 2 is 2.08 bits per heavy atom. The number of imidazole rings is 1. The highest BCUT2D eigenvalue weighted by Crippen LogP contribution is 2.31. The Morgan fingerprint density at radius 3 is 2.83 bits per heavy atom. The second-order valence-electron chi connectivity index (χ2n) is 6.19. The predicted octanol–water partition coefficient (Wildman–Crippen LogP) is 4.55. The first-order chi connectivity index (χ1) is 11.7. The summed E-state index contributed by atoms with van der Waals surface area (Å²) in [5.74, 6) is 1.01. The van der Waals surface area contributed by atoms with Crippen molar-refractivity contribution < 1.29 is 4.74 Å². The van der Waals surface area contributed by atoms with Gasteiger partial charge in [-0.25, -0.2) is 4.98 Å². The molecule has 1 atom stereocenters. The molecule has 0 bridgehead atoms. The maximum atomic E-state index is 6.03. The molecule has 24 heavy (non-hydrogen) atoms. The highest BCUT2D eigenvalue weighted by atomic mass is 35.5. The first-order valence-corrected chi connectivity index (χ1v) is 8.69. The Bertz CT molecular complexity index is 851. The molecule has 1 N–H and O–H groups in total. The SMILES string of the molecule is Cc1cccc2nc(-c3ccc(Cl)cc3)c(NC[C@@H]3CCCO3)n12. The van der Waals surface area contributed by atoms with E-state index in [1.54, 1.807) is 0 Å². The molecule has 0 unspecified atom stereocenters. The van der Waals surface area contributed by atoms with Crippen LogP contribution >= 0.6 is 11.6 Å². The number of halogens is 1. The molecule has 0 amide bonds. The molecule has 3 heterocycles. The van der Waals surface area contributed by atoms with Crippen molar-refractivity contribution in [1.82, 2.24) is 9.38 Å². The molecule has 3 aromatic rings. The quantitative estimate of drug-likeness (QED) is 0.756. The number of hydrogen-bond acceptors (Lipinski definition) is 3. The second-order valence-corrected chi connectivity index (χ2v) is 6.63. The van der Waals surface area contributed by atoms with Crippen molar-refractivity contribution in [2.45, 2.75) is 25.9 Å². The van der Waals surface area contributed by atoms with E-state index in [0.717, 1.165) is 59.4 Å². The van der Waals surface area contributed by atoms with E-state index in [-0.39, 0.29) is 6.10 Å². The standard InChI is InChI=1S/C19H20ClN3O/c1-13-4-2-6-17-22-18(14-7-9-15(20)10-8-14)19(23(13)17)21-12-16-5-3-11-24-16/h2,4,6-10,16,21H,3,5,11-12H2,1H3/t16-/m0/s1. The number of nitrogens with zero attached hydrogens (tertiary/aromatic N) is 2. The molecule has 5 heteroatoms. The topological polar surface area (TPSA) is 38.6 Å². The third-order valence-corrected chi connectivity index (χ3v) is 4.73. The van der Waals surface area contributed by atoms with Gasteiger partial charge in [0.1, 0.15) is 17.2 Å². The zero-order chi connectivity index (χ0) is 16.5. The summed E-state index contributed by atoms with van der Waals surface area (Å²) < 4.78 is 7.91. The van der Waals surface area contributed by atoms with Gasteiger partial charge in [-0.15, -0.1) is 0 Å². The van der Waals surface area contributed by atoms with Crippen LogP contribution in [0.1, 0.15) is 18.5 Å². The van der Waals surface area contributed by atoms with E-state index in [0.29, 0.717) is 0 Å². The van der Waals surface area contributed by atoms with E-state index in [9.17, 15) is 0 Å². The molecule has 0 saturated carbocycles. The van der Waals surface area contributed by atoms with Crippen LogP contribution < -0.4 is 5.32 Å². The fourth-order valence-corrected chi connectivity index (χ4v) is 3.37. The van der Waals surface area contributed by atoms with Gasteiger partial charge in [-0.05, 0) is 44.0 Å². The molecule has 1 saturated heterocycles. The third kappa shape index (κ3) is 2.87. The Kier molecular flexibility index (Phi) is 4.17. The van der Waals surface area contributed by atoms with E-state index < -0.39 is 0 Å². The maximum absolute atomic E-state index is 6.03. The van der Waals surface area contributed by atoms with Crippen LogP contribution in [0.25, 0.3) is 16.9 Å². The number of aromatic nitrogens is 2. The largest absolute Gasteiger partial charge is 0.376 e. The zero-order valence-corrected chi connectivity index (χ0v) is 14.4. The summed E-state index contributed by atoms with van der Waals surface area (Å²) in [5.41, 5.74) is 4.08. The molecule has 4 rings (SSSR count). The van der Waals surface area contributed by atoms with Crippen LogP contribution in [0.4, 0.5) is 5.82 Å². The molecule has 1 fully saturated rings. The van der Waals surface area contributed by atoms with Gasteiger partial charge in [-0.2, -0.15) is 0 Å². The Morgan fingerprint density at radius 1 is 1.25 bits per heavy atom. The number of ether oxygens (including phenoxy) is 1. The van der Waals surface area contributed by atoms with Crippen molar-refractivity contribution in [2.24, 2.45) is 0 Å². The van der Waals surface area contributed by atoms with Crippen LogP contribution in [0.2, 0.25) is 5.02 Å². The molecule has 0 radical (unpaired) electrons. The van der Waals surface area contributed by atoms with Crippen molar-refractivity contribution in [3.63, 3.8) is 0 Å². The molecular formula is C19H20ClN3O. The van der Waals surface area contributed by atoms with Crippen LogP contribution in [0, 0.1) is 6.92 Å². The fraction of sp³-hybridized carbons (Fsp3) is 0.316. The minimum atomic E-state index is 0.276. The molecule has 1 aliphatic heterocycles. The maximum Gasteiger partial charge on any atom is 0.139 e. The van der Waals surface area contributed by atoms with Gasteiger partial charge in [-0.3, -0.25) is 4.40 Å². The van der Waals surface area contributed by atoms with Gasteiger partial charge in [0.25, 0.3) is 0 Å². The van der Waals surface area contributed by atoms with E-state index in [2.05, 4.69) is 22.7 Å². The number of pyridine rings is 1. The molecule has 0 aliphatic carbocycles. The Hall–Kier alpha value is -2.04. The molecule has 2 aromatic heterocycles. The molecule has 4 nitrogen and oxygen atoms in total. The lowest BCUT2D eigenvalue weighted by Crippen LogP contribution is -2.19. The third-order valence-electron chi connectivity index (χ3n) is 4.48. The van der Waals surface area contributed by atoms with Gasteiger partial charge in [0.15, 0.2) is 0 Å². The minimum absolute atomic E-state index is 0.276. The predicted molar refractivity (Wildman–Crippen MR) is 97.8 cm³/mol. The number of nitrogens with one attached hydrogen (secondary N) is 1. The second kappa shape index (κ2) is 6.46. The van der Waals surface area contributed by atoms with Gasteiger partial charge < -0.3 is 10.1 Å². The molecule has 1 aliphatic rings. The number of anilines is 1. The molecular weight excluding hydrogens is 322 g/mol. The van der Waals surface area contributed by atoms with Gasteiger partial charge in [0.2, 0.25) is 0 Å². The highest BCUT2D eigenvalue weighted by Gasteiger charge is 2.19. The minimum Gasteiger partial charge on any atom is -0.376 e. The average Bonchev–Trinajstić information content (AvgIpc) is 3.21. The normalized spacial score (nSPS) is 17.5. The van der Waals surface area contributed by atoms with Crippen LogP contribution in [0.3, 0.4) is 0 Å². The zero-order valence-electron chi connectivity index (χ0n) is 13.6. The van der Waals surface area contributed by atoms with E-state index in [1.807, 2.05) is 36.4 Å². The van der Waals surface area contributed by atoms with Gasteiger partial charge in [0.05, 0.1) is 6.10 Å². The highest BCUT2D eigenvalue weighted by molar-refractivity contribution is 6.30. The van der Waals surface area contributed by atoms with E-state index in [4.69, 9.17) is 21.3 Å². The lowest BCUT2D eigenvalue weighted by atomic mass is 10.1. The number of rotatable bonds is 4. The Labute approximate surface area is 146 Å². The lowest BCUT2D eigenvalue weighted by molar-refractivity contribution is 0.120. The monoisotopic (exact) mass is 341 g/mol. The molecule has 124 valence electrons. The summed E-state index contributed by atoms with van der Waals surface area (Å²) in [6.07, 6.45) is 2.53. The first-order valence-electron chi connectivity index (χ1n) is 8.32. The van der Waals surface area contributed by atoms with Crippen molar-refractivity contribution in [2.75, 3.05) is 18.5 Å². The van der Waals surface area contributed by atoms with Gasteiger partial charge in [-0.1, -0.05) is 29.8 Å². The summed E-state index contributed by atoms with van der Waals surface area (Å²) in [5, 5.41) is 4.30. The number of fused-ring (bicyclic) bond motifs is 1. The van der Waals surface area contributed by atoms with E-state index >= 15 is 0 Å². The van der Waals surface area contributed by atoms with Crippen LogP contribution in [0.15, 0.2) is 42.5 Å². The van der Waals surface area contributed by atoms with Gasteiger partial charge >= 0.3 is 0 Å². The van der Waals surface area contributed by atoms with Gasteiger partial charge in [0, 0.05) is 29.4 Å². The van der Waals surface area contributed by atoms with Crippen molar-refractivity contribution in [3.05, 3.63) is 53.2 Å². The number of aryl methyl sites for hydroxylation is 1. The van der Waals surface area contributed by atoms with E-state index in [1.165, 1.54) is 0 Å². The average molecular weight is 342 g/mol. The van der Waals surface area contributed by atoms with Crippen LogP contribution in [0.5, 0.6) is 0 Å². The smallest absolute Gasteiger partial charge is 0.139 e. The molecule has 1 aromatic carbocycles. The number of hydrogen-bond donors (Lipinski definition) is 1. The number of benzene rings is 1. The summed E-state index contributed by atoms with van der Waals surface area (Å²) in [6.45, 7) is 3.75. The van der Waals surface area contributed by atoms with Crippen molar-refractivity contribution in [1.29, 1.82) is 0 Å². The molecule has 0 spiro atoms. The van der Waals surface area contributed by atoms with Crippen molar-refractivity contribution in [3.8, 4) is 11.3 Å². The Balaban J connectivity index is 1.77. The van der Waals surface area contributed by atoms with Crippen LogP contribution in [-0.4, -0.2) is 28.6 Å². The lowest BCUT2D eigenvalue weighted by Gasteiger charge is -2.14. The summed E-state index contributed by atoms with van der Waals surface area (Å²) in [4.78, 5) is 4.84. The van der Waals surface area contributed by atoms with Crippen molar-refractivity contribution >= 4 is 23.1 Å². The fourth-order valence-electron chi connectivity index (χ4n) is 3.24. The summed E-state index contributed by atoms with van der Waals surface area (Å²) in [7, 11) is 0. The van der Waals surface area contributed by atoms with Crippen LogP contribution in [-0.2, 0) is 4.74 Å². The first kappa shape index (κ1) is 15.5.